The molecule has 2 aromatic rings. The van der Waals surface area contributed by atoms with Crippen LogP contribution in [0.15, 0.2) is 60.7 Å². The zero-order valence-corrected chi connectivity index (χ0v) is 11.8. The maximum atomic E-state index is 8.23. The third-order valence-electron chi connectivity index (χ3n) is 4.65. The van der Waals surface area contributed by atoms with Crippen molar-refractivity contribution >= 4 is 6.02 Å². The molecule has 1 atom stereocenters. The molecule has 3 heteroatoms. The molecule has 2 aromatic carbocycles. The minimum absolute atomic E-state index is 0.217. The molecule has 0 aliphatic carbocycles. The normalized spacial score (nSPS) is 23.0. The fourth-order valence-electron chi connectivity index (χ4n) is 3.75. The number of nitrogens with zero attached hydrogens (tertiary/aromatic N) is 1. The van der Waals surface area contributed by atoms with Crippen molar-refractivity contribution in [1.29, 1.82) is 5.41 Å². The predicted molar refractivity (Wildman–Crippen MR) is 82.2 cm³/mol. The minimum Gasteiger partial charge on any atom is -0.447 e. The summed E-state index contributed by atoms with van der Waals surface area (Å²) < 4.78 is 6.20. The predicted octanol–water partition coefficient (Wildman–Crippen LogP) is 3.36. The number of amidine groups is 1. The highest BCUT2D eigenvalue weighted by Crippen LogP contribution is 2.47. The van der Waals surface area contributed by atoms with Crippen LogP contribution >= 0.6 is 0 Å². The van der Waals surface area contributed by atoms with E-state index in [2.05, 4.69) is 29.2 Å². The molecule has 2 saturated heterocycles. The van der Waals surface area contributed by atoms with Crippen molar-refractivity contribution in [2.45, 2.75) is 24.5 Å². The molecule has 1 N–H and O–H groups in total. The molecule has 2 aliphatic heterocycles. The second-order valence-electron chi connectivity index (χ2n) is 5.73. The second-order valence-corrected chi connectivity index (χ2v) is 5.73. The lowest BCUT2D eigenvalue weighted by atomic mass is 9.79. The van der Waals surface area contributed by atoms with E-state index < -0.39 is 5.60 Å². The molecule has 0 bridgehead atoms. The zero-order chi connectivity index (χ0) is 14.3. The third kappa shape index (κ3) is 1.70. The Morgan fingerprint density at radius 3 is 2.10 bits per heavy atom. The SMILES string of the molecule is N=C1OC(c2ccccc2)(c2ccccc2)[C@@H]2CCCN12. The molecule has 0 aromatic heterocycles. The smallest absolute Gasteiger partial charge is 0.286 e. The van der Waals surface area contributed by atoms with Crippen LogP contribution in [0.25, 0.3) is 0 Å². The Bertz CT molecular complexity index is 614. The molecular formula is C18H18N2O. The van der Waals surface area contributed by atoms with Gasteiger partial charge in [-0.3, -0.25) is 5.41 Å². The summed E-state index contributed by atoms with van der Waals surface area (Å²) in [6.45, 7) is 0.922. The monoisotopic (exact) mass is 278 g/mol. The van der Waals surface area contributed by atoms with Gasteiger partial charge in [0.05, 0.1) is 6.04 Å². The molecule has 106 valence electrons. The average Bonchev–Trinajstić information content (AvgIpc) is 3.13. The molecule has 2 heterocycles. The van der Waals surface area contributed by atoms with Crippen molar-refractivity contribution in [3.05, 3.63) is 71.8 Å². The van der Waals surface area contributed by atoms with Crippen LogP contribution in [-0.4, -0.2) is 23.5 Å². The summed E-state index contributed by atoms with van der Waals surface area (Å²) in [5.41, 5.74) is 1.72. The number of hydrogen-bond donors (Lipinski definition) is 1. The van der Waals surface area contributed by atoms with Gasteiger partial charge in [0.2, 0.25) is 0 Å². The fraction of sp³-hybridized carbons (Fsp3) is 0.278. The lowest BCUT2D eigenvalue weighted by molar-refractivity contribution is 0.0981. The summed E-state index contributed by atoms with van der Waals surface area (Å²) in [7, 11) is 0. The van der Waals surface area contributed by atoms with E-state index in [0.717, 1.165) is 30.5 Å². The number of rotatable bonds is 2. The molecule has 4 rings (SSSR count). The molecule has 2 aliphatic rings. The van der Waals surface area contributed by atoms with Crippen molar-refractivity contribution in [2.75, 3.05) is 6.54 Å². The van der Waals surface area contributed by atoms with Crippen molar-refractivity contribution < 1.29 is 4.74 Å². The number of benzene rings is 2. The summed E-state index contributed by atoms with van der Waals surface area (Å²) in [4.78, 5) is 2.11. The van der Waals surface area contributed by atoms with E-state index in [9.17, 15) is 0 Å². The number of nitrogens with one attached hydrogen (secondary N) is 1. The molecule has 2 fully saturated rings. The summed E-state index contributed by atoms with van der Waals surface area (Å²) >= 11 is 0. The maximum Gasteiger partial charge on any atom is 0.286 e. The quantitative estimate of drug-likeness (QED) is 0.914. The Kier molecular flexibility index (Phi) is 2.74. The Morgan fingerprint density at radius 1 is 0.952 bits per heavy atom. The Hall–Kier alpha value is -2.29. The maximum absolute atomic E-state index is 8.23. The van der Waals surface area contributed by atoms with Gasteiger partial charge < -0.3 is 9.64 Å². The summed E-state index contributed by atoms with van der Waals surface area (Å²) in [6.07, 6.45) is 2.18. The van der Waals surface area contributed by atoms with Crippen LogP contribution in [0.5, 0.6) is 0 Å². The van der Waals surface area contributed by atoms with Crippen LogP contribution < -0.4 is 0 Å². The van der Waals surface area contributed by atoms with Gasteiger partial charge in [-0.2, -0.15) is 0 Å². The largest absolute Gasteiger partial charge is 0.447 e. The standard InChI is InChI=1S/C18H18N2O/c19-17-20-13-7-12-16(20)18(21-17,14-8-3-1-4-9-14)15-10-5-2-6-11-15/h1-6,8-11,16,19H,7,12-13H2/t16-/m0/s1. The van der Waals surface area contributed by atoms with Gasteiger partial charge in [-0.1, -0.05) is 60.7 Å². The van der Waals surface area contributed by atoms with Crippen molar-refractivity contribution in [3.8, 4) is 0 Å². The first kappa shape index (κ1) is 12.5. The fourth-order valence-corrected chi connectivity index (χ4v) is 3.75. The first-order valence-electron chi connectivity index (χ1n) is 7.47. The minimum atomic E-state index is -0.546. The Labute approximate surface area is 124 Å². The number of fused-ring (bicyclic) bond motifs is 1. The van der Waals surface area contributed by atoms with Crippen LogP contribution in [0.4, 0.5) is 0 Å². The lowest BCUT2D eigenvalue weighted by Gasteiger charge is -2.33. The van der Waals surface area contributed by atoms with Crippen LogP contribution in [-0.2, 0) is 10.3 Å². The molecule has 0 saturated carbocycles. The van der Waals surface area contributed by atoms with Gasteiger partial charge in [0.25, 0.3) is 6.02 Å². The molecular weight excluding hydrogens is 260 g/mol. The molecule has 21 heavy (non-hydrogen) atoms. The van der Waals surface area contributed by atoms with Crippen LogP contribution in [0, 0.1) is 5.41 Å². The zero-order valence-electron chi connectivity index (χ0n) is 11.8. The first-order chi connectivity index (χ1) is 10.3. The van der Waals surface area contributed by atoms with Gasteiger partial charge in [-0.15, -0.1) is 0 Å². The van der Waals surface area contributed by atoms with Gasteiger partial charge in [0.1, 0.15) is 0 Å². The van der Waals surface area contributed by atoms with Crippen molar-refractivity contribution in [2.24, 2.45) is 0 Å². The van der Waals surface area contributed by atoms with E-state index in [1.54, 1.807) is 0 Å². The molecule has 0 spiro atoms. The van der Waals surface area contributed by atoms with E-state index >= 15 is 0 Å². The van der Waals surface area contributed by atoms with Crippen LogP contribution in [0.2, 0.25) is 0 Å². The van der Waals surface area contributed by atoms with Gasteiger partial charge in [0, 0.05) is 17.7 Å². The summed E-state index contributed by atoms with van der Waals surface area (Å²) in [6, 6.07) is 21.2. The van der Waals surface area contributed by atoms with Gasteiger partial charge in [-0.05, 0) is 12.8 Å². The van der Waals surface area contributed by atoms with Crippen molar-refractivity contribution in [1.82, 2.24) is 4.90 Å². The molecule has 3 nitrogen and oxygen atoms in total. The van der Waals surface area contributed by atoms with Gasteiger partial charge in [0.15, 0.2) is 5.60 Å². The van der Waals surface area contributed by atoms with E-state index in [-0.39, 0.29) is 6.04 Å². The summed E-state index contributed by atoms with van der Waals surface area (Å²) in [5.74, 6) is 0. The number of ether oxygens (including phenoxy) is 1. The molecule has 0 amide bonds. The highest BCUT2D eigenvalue weighted by molar-refractivity contribution is 5.76. The average molecular weight is 278 g/mol. The van der Waals surface area contributed by atoms with E-state index in [4.69, 9.17) is 10.1 Å². The summed E-state index contributed by atoms with van der Waals surface area (Å²) in [5, 5.41) is 8.23. The third-order valence-corrected chi connectivity index (χ3v) is 4.65. The molecule has 0 radical (unpaired) electrons. The van der Waals surface area contributed by atoms with E-state index in [0.29, 0.717) is 6.02 Å². The second kappa shape index (κ2) is 4.62. The van der Waals surface area contributed by atoms with Crippen LogP contribution in [0.3, 0.4) is 0 Å². The highest BCUT2D eigenvalue weighted by Gasteiger charge is 2.56. The lowest BCUT2D eigenvalue weighted by Crippen LogP contribution is -2.40. The topological polar surface area (TPSA) is 36.3 Å². The van der Waals surface area contributed by atoms with E-state index in [1.807, 2.05) is 36.4 Å². The first-order valence-corrected chi connectivity index (χ1v) is 7.47. The van der Waals surface area contributed by atoms with E-state index in [1.165, 1.54) is 0 Å². The van der Waals surface area contributed by atoms with Gasteiger partial charge in [-0.25, -0.2) is 0 Å². The highest BCUT2D eigenvalue weighted by atomic mass is 16.5. The van der Waals surface area contributed by atoms with Crippen molar-refractivity contribution in [3.63, 3.8) is 0 Å². The number of hydrogen-bond acceptors (Lipinski definition) is 2. The Balaban J connectivity index is 1.94. The van der Waals surface area contributed by atoms with Gasteiger partial charge >= 0.3 is 0 Å². The molecule has 0 unspecified atom stereocenters. The van der Waals surface area contributed by atoms with Crippen LogP contribution in [0.1, 0.15) is 24.0 Å². The Morgan fingerprint density at radius 2 is 1.52 bits per heavy atom.